The number of rotatable bonds is 9. The number of hydrogen-bond donors (Lipinski definition) is 1. The van der Waals surface area contributed by atoms with Gasteiger partial charge in [0, 0.05) is 35.5 Å². The van der Waals surface area contributed by atoms with Crippen molar-refractivity contribution < 1.29 is 9.53 Å². The molecule has 1 N–H and O–H groups in total. The number of nitrogens with one attached hydrogen (secondary N) is 1. The van der Waals surface area contributed by atoms with E-state index in [0.717, 1.165) is 10.4 Å². The molecule has 148 valence electrons. The molecule has 9 heteroatoms. The summed E-state index contributed by atoms with van der Waals surface area (Å²) < 4.78 is 6.61. The van der Waals surface area contributed by atoms with Gasteiger partial charge in [0.15, 0.2) is 5.16 Å². The van der Waals surface area contributed by atoms with E-state index >= 15 is 0 Å². The molecule has 28 heavy (non-hydrogen) atoms. The van der Waals surface area contributed by atoms with Gasteiger partial charge in [0.05, 0.1) is 17.7 Å². The minimum absolute atomic E-state index is 0.0745. The van der Waals surface area contributed by atoms with E-state index in [9.17, 15) is 9.59 Å². The minimum Gasteiger partial charge on any atom is -0.383 e. The minimum atomic E-state index is -0.125. The van der Waals surface area contributed by atoms with Crippen LogP contribution in [0.25, 0.3) is 20.7 Å². The summed E-state index contributed by atoms with van der Waals surface area (Å²) in [7, 11) is 1.59. The van der Waals surface area contributed by atoms with Crippen LogP contribution >= 0.6 is 34.4 Å². The molecule has 6 nitrogen and oxygen atoms in total. The fourth-order valence-corrected chi connectivity index (χ4v) is 5.38. The topological polar surface area (TPSA) is 73.2 Å². The maximum atomic E-state index is 13.2. The molecule has 3 aromatic rings. The number of carbonyl (C=O) groups excluding carboxylic acids is 1. The summed E-state index contributed by atoms with van der Waals surface area (Å²) in [5.74, 6) is 0.0475. The Morgan fingerprint density at radius 3 is 3.00 bits per heavy atom. The highest BCUT2D eigenvalue weighted by molar-refractivity contribution is 7.99. The van der Waals surface area contributed by atoms with Gasteiger partial charge in [-0.05, 0) is 18.4 Å². The van der Waals surface area contributed by atoms with Crippen molar-refractivity contribution in [2.45, 2.75) is 24.7 Å². The Morgan fingerprint density at radius 1 is 1.50 bits per heavy atom. The highest BCUT2D eigenvalue weighted by Gasteiger charge is 2.18. The summed E-state index contributed by atoms with van der Waals surface area (Å²) in [6, 6.07) is 3.89. The van der Waals surface area contributed by atoms with Crippen LogP contribution < -0.4 is 10.9 Å². The molecule has 0 aliphatic rings. The van der Waals surface area contributed by atoms with E-state index in [0.29, 0.717) is 28.5 Å². The Hall–Kier alpha value is -1.94. The van der Waals surface area contributed by atoms with E-state index in [4.69, 9.17) is 4.74 Å². The summed E-state index contributed by atoms with van der Waals surface area (Å²) in [5.41, 5.74) is 0.804. The third-order valence-electron chi connectivity index (χ3n) is 3.91. The van der Waals surface area contributed by atoms with Crippen molar-refractivity contribution >= 4 is 50.6 Å². The van der Waals surface area contributed by atoms with E-state index in [1.54, 1.807) is 29.1 Å². The van der Waals surface area contributed by atoms with Crippen molar-refractivity contribution in [3.05, 3.63) is 45.9 Å². The summed E-state index contributed by atoms with van der Waals surface area (Å²) in [6.45, 7) is 6.41. The number of ether oxygens (including phenoxy) is 1. The first kappa shape index (κ1) is 20.8. The van der Waals surface area contributed by atoms with Gasteiger partial charge in [0.1, 0.15) is 4.83 Å². The fourth-order valence-electron chi connectivity index (χ4n) is 2.76. The molecule has 0 aromatic carbocycles. The number of thiophene rings is 2. The summed E-state index contributed by atoms with van der Waals surface area (Å²) in [4.78, 5) is 31.7. The number of amides is 1. The zero-order valence-corrected chi connectivity index (χ0v) is 18.1. The molecule has 3 heterocycles. The van der Waals surface area contributed by atoms with Gasteiger partial charge in [-0.1, -0.05) is 23.9 Å². The van der Waals surface area contributed by atoms with Crippen LogP contribution in [0.15, 0.2) is 45.5 Å². The summed E-state index contributed by atoms with van der Waals surface area (Å²) in [5, 5.41) is 7.96. The van der Waals surface area contributed by atoms with E-state index < -0.39 is 0 Å². The average Bonchev–Trinajstić information content (AvgIpc) is 3.32. The number of aromatic nitrogens is 2. The lowest BCUT2D eigenvalue weighted by Gasteiger charge is -2.13. The number of nitrogens with zero attached hydrogens (tertiary/aromatic N) is 2. The van der Waals surface area contributed by atoms with Gasteiger partial charge < -0.3 is 10.1 Å². The van der Waals surface area contributed by atoms with Gasteiger partial charge in [-0.25, -0.2) is 4.98 Å². The van der Waals surface area contributed by atoms with Crippen LogP contribution in [-0.4, -0.2) is 41.0 Å². The Labute approximate surface area is 175 Å². The lowest BCUT2D eigenvalue weighted by atomic mass is 10.2. The van der Waals surface area contributed by atoms with E-state index in [1.807, 2.05) is 29.8 Å². The van der Waals surface area contributed by atoms with E-state index in [1.165, 1.54) is 23.1 Å². The van der Waals surface area contributed by atoms with Crippen molar-refractivity contribution in [3.8, 4) is 10.4 Å². The normalized spacial score (nSPS) is 12.2. The van der Waals surface area contributed by atoms with E-state index in [2.05, 4.69) is 16.9 Å². The Morgan fingerprint density at radius 2 is 2.32 bits per heavy atom. The van der Waals surface area contributed by atoms with Crippen LogP contribution in [0.1, 0.15) is 6.92 Å². The number of hydrogen-bond acceptors (Lipinski definition) is 7. The molecule has 3 rings (SSSR count). The molecule has 0 fully saturated rings. The highest BCUT2D eigenvalue weighted by atomic mass is 32.2. The standard InChI is InChI=1S/C19H21N3O3S3/c1-4-7-22-18(24)16-13(14-6-5-8-26-14)10-27-17(16)21-19(22)28-11-15(23)20-12(2)9-25-3/h4-6,8,10,12H,1,7,9,11H2,2-3H3,(H,20,23). The predicted octanol–water partition coefficient (Wildman–Crippen LogP) is 3.62. The van der Waals surface area contributed by atoms with Crippen molar-refractivity contribution in [2.75, 3.05) is 19.5 Å². The van der Waals surface area contributed by atoms with Gasteiger partial charge in [0.25, 0.3) is 5.56 Å². The van der Waals surface area contributed by atoms with Crippen molar-refractivity contribution in [1.82, 2.24) is 14.9 Å². The summed E-state index contributed by atoms with van der Waals surface area (Å²) >= 11 is 4.29. The molecule has 1 amide bonds. The molecule has 3 aromatic heterocycles. The van der Waals surface area contributed by atoms with E-state index in [-0.39, 0.29) is 23.3 Å². The lowest BCUT2D eigenvalue weighted by molar-refractivity contribution is -0.119. The third-order valence-corrected chi connectivity index (χ3v) is 6.67. The van der Waals surface area contributed by atoms with Gasteiger partial charge in [-0.15, -0.1) is 29.3 Å². The SMILES string of the molecule is C=CCn1c(SCC(=O)NC(C)COC)nc2scc(-c3cccs3)c2c1=O. The molecule has 0 radical (unpaired) electrons. The molecule has 0 bridgehead atoms. The first-order chi connectivity index (χ1) is 13.5. The second-order valence-electron chi connectivity index (χ2n) is 6.12. The molecule has 1 unspecified atom stereocenters. The first-order valence-corrected chi connectivity index (χ1v) is 11.4. The molecule has 0 aliphatic heterocycles. The summed E-state index contributed by atoms with van der Waals surface area (Å²) in [6.07, 6.45) is 1.66. The van der Waals surface area contributed by atoms with Crippen LogP contribution in [0.2, 0.25) is 0 Å². The first-order valence-electron chi connectivity index (χ1n) is 8.63. The van der Waals surface area contributed by atoms with Gasteiger partial charge in [0.2, 0.25) is 5.91 Å². The number of methoxy groups -OCH3 is 1. The fraction of sp³-hybridized carbons (Fsp3) is 0.316. The quantitative estimate of drug-likeness (QED) is 0.316. The Kier molecular flexibility index (Phi) is 7.06. The van der Waals surface area contributed by atoms with Crippen molar-refractivity contribution in [3.63, 3.8) is 0 Å². The largest absolute Gasteiger partial charge is 0.383 e. The second-order valence-corrected chi connectivity index (χ2v) is 8.87. The maximum Gasteiger partial charge on any atom is 0.263 e. The number of allylic oxidation sites excluding steroid dienone is 1. The van der Waals surface area contributed by atoms with Gasteiger partial charge in [-0.2, -0.15) is 0 Å². The smallest absolute Gasteiger partial charge is 0.263 e. The van der Waals surface area contributed by atoms with Crippen LogP contribution in [0.5, 0.6) is 0 Å². The molecule has 0 saturated heterocycles. The number of carbonyl (C=O) groups is 1. The van der Waals surface area contributed by atoms with Gasteiger partial charge >= 0.3 is 0 Å². The molecular weight excluding hydrogens is 414 g/mol. The molecule has 0 aliphatic carbocycles. The number of fused-ring (bicyclic) bond motifs is 1. The van der Waals surface area contributed by atoms with Crippen molar-refractivity contribution in [1.29, 1.82) is 0 Å². The molecule has 1 atom stereocenters. The van der Waals surface area contributed by atoms with Gasteiger partial charge in [-0.3, -0.25) is 14.2 Å². The van der Waals surface area contributed by atoms with Crippen molar-refractivity contribution in [2.24, 2.45) is 0 Å². The Balaban J connectivity index is 1.90. The molecule has 0 saturated carbocycles. The molecular formula is C19H21N3O3S3. The number of thioether (sulfide) groups is 1. The monoisotopic (exact) mass is 435 g/mol. The van der Waals surface area contributed by atoms with Crippen LogP contribution in [-0.2, 0) is 16.1 Å². The maximum absolute atomic E-state index is 13.2. The highest BCUT2D eigenvalue weighted by Crippen LogP contribution is 2.34. The van der Waals surface area contributed by atoms with Crippen LogP contribution in [0.4, 0.5) is 0 Å². The zero-order chi connectivity index (χ0) is 20.1. The van der Waals surface area contributed by atoms with Crippen LogP contribution in [0, 0.1) is 0 Å². The van der Waals surface area contributed by atoms with Crippen LogP contribution in [0.3, 0.4) is 0 Å². The second kappa shape index (κ2) is 9.51. The average molecular weight is 436 g/mol. The third kappa shape index (κ3) is 4.54. The predicted molar refractivity (Wildman–Crippen MR) is 118 cm³/mol. The zero-order valence-electron chi connectivity index (χ0n) is 15.6. The Bertz CT molecular complexity index is 1020. The molecule has 0 spiro atoms. The lowest BCUT2D eigenvalue weighted by Crippen LogP contribution is -2.36.